The molecule has 1 unspecified atom stereocenters. The molecule has 0 spiro atoms. The van der Waals surface area contributed by atoms with Crippen LogP contribution in [0.25, 0.3) is 0 Å². The van der Waals surface area contributed by atoms with Crippen molar-refractivity contribution in [3.05, 3.63) is 12.3 Å². The minimum Gasteiger partial charge on any atom is -0.370 e. The summed E-state index contributed by atoms with van der Waals surface area (Å²) >= 11 is 0. The van der Waals surface area contributed by atoms with Crippen molar-refractivity contribution in [3.8, 4) is 0 Å². The summed E-state index contributed by atoms with van der Waals surface area (Å²) in [6.07, 6.45) is 4.17. The van der Waals surface area contributed by atoms with Crippen molar-refractivity contribution in [2.45, 2.75) is 26.7 Å². The van der Waals surface area contributed by atoms with Gasteiger partial charge in [-0.3, -0.25) is 0 Å². The van der Waals surface area contributed by atoms with E-state index in [0.29, 0.717) is 5.95 Å². The number of hydrogen-bond acceptors (Lipinski definition) is 5. The molecule has 0 saturated carbocycles. The fraction of sp³-hybridized carbons (Fsp3) is 0.714. The average molecular weight is 263 g/mol. The van der Waals surface area contributed by atoms with Crippen molar-refractivity contribution in [3.63, 3.8) is 0 Å². The summed E-state index contributed by atoms with van der Waals surface area (Å²) in [6.45, 7) is 9.87. The Kier molecular flexibility index (Phi) is 5.39. The van der Waals surface area contributed by atoms with Crippen LogP contribution in [-0.2, 0) is 0 Å². The zero-order chi connectivity index (χ0) is 13.5. The van der Waals surface area contributed by atoms with Crippen molar-refractivity contribution in [2.24, 2.45) is 5.92 Å². The van der Waals surface area contributed by atoms with Gasteiger partial charge in [-0.15, -0.1) is 0 Å². The molecule has 0 aliphatic carbocycles. The molecule has 1 saturated heterocycles. The minimum atomic E-state index is 0.716. The van der Waals surface area contributed by atoms with Crippen molar-refractivity contribution in [1.82, 2.24) is 14.9 Å². The topological polar surface area (TPSA) is 53.1 Å². The quantitative estimate of drug-likeness (QED) is 0.788. The van der Waals surface area contributed by atoms with Crippen molar-refractivity contribution >= 4 is 11.8 Å². The molecule has 5 heteroatoms. The molecule has 1 fully saturated rings. The van der Waals surface area contributed by atoms with Gasteiger partial charge in [-0.1, -0.05) is 13.8 Å². The molecule has 1 aromatic heterocycles. The summed E-state index contributed by atoms with van der Waals surface area (Å²) in [4.78, 5) is 11.2. The predicted octanol–water partition coefficient (Wildman–Crippen LogP) is 2.05. The number of rotatable bonds is 7. The molecule has 106 valence electrons. The molecule has 0 bridgehead atoms. The van der Waals surface area contributed by atoms with Crippen LogP contribution in [0.1, 0.15) is 26.7 Å². The Balaban J connectivity index is 1.79. The lowest BCUT2D eigenvalue weighted by molar-refractivity contribution is 0.345. The maximum absolute atomic E-state index is 4.46. The number of anilines is 2. The minimum absolute atomic E-state index is 0.716. The fourth-order valence-electron chi connectivity index (χ4n) is 2.39. The highest BCUT2D eigenvalue weighted by Gasteiger charge is 2.20. The molecule has 2 rings (SSSR count). The molecule has 0 radical (unpaired) electrons. The van der Waals surface area contributed by atoms with E-state index in [-0.39, 0.29) is 0 Å². The van der Waals surface area contributed by atoms with E-state index in [2.05, 4.69) is 39.3 Å². The lowest BCUT2D eigenvalue weighted by Crippen LogP contribution is -2.22. The number of likely N-dealkylation sites (tertiary alicyclic amines) is 1. The van der Waals surface area contributed by atoms with Gasteiger partial charge in [0.05, 0.1) is 0 Å². The average Bonchev–Trinajstić information content (AvgIpc) is 2.91. The fourth-order valence-corrected chi connectivity index (χ4v) is 2.39. The van der Waals surface area contributed by atoms with Gasteiger partial charge in [0.25, 0.3) is 0 Å². The van der Waals surface area contributed by atoms with Crippen LogP contribution in [0, 0.1) is 5.92 Å². The number of hydrogen-bond donors (Lipinski definition) is 2. The van der Waals surface area contributed by atoms with Crippen molar-refractivity contribution in [1.29, 1.82) is 0 Å². The van der Waals surface area contributed by atoms with Crippen LogP contribution in [0.15, 0.2) is 12.3 Å². The summed E-state index contributed by atoms with van der Waals surface area (Å²) in [5.41, 5.74) is 0. The molecular weight excluding hydrogens is 238 g/mol. The van der Waals surface area contributed by atoms with Gasteiger partial charge in [0.15, 0.2) is 0 Å². The van der Waals surface area contributed by atoms with E-state index in [1.54, 1.807) is 6.20 Å². The second-order valence-electron chi connectivity index (χ2n) is 5.12. The Hall–Kier alpha value is -1.36. The molecule has 0 amide bonds. The molecule has 0 aromatic carbocycles. The molecule has 19 heavy (non-hydrogen) atoms. The van der Waals surface area contributed by atoms with Crippen LogP contribution in [0.2, 0.25) is 0 Å². The van der Waals surface area contributed by atoms with Crippen molar-refractivity contribution in [2.75, 3.05) is 43.4 Å². The van der Waals surface area contributed by atoms with Gasteiger partial charge in [-0.05, 0) is 37.9 Å². The van der Waals surface area contributed by atoms with Crippen molar-refractivity contribution < 1.29 is 0 Å². The first kappa shape index (κ1) is 14.1. The summed E-state index contributed by atoms with van der Waals surface area (Å²) in [7, 11) is 0. The first-order valence-corrected chi connectivity index (χ1v) is 7.35. The molecule has 1 aliphatic heterocycles. The van der Waals surface area contributed by atoms with Crippen LogP contribution < -0.4 is 10.6 Å². The molecule has 2 N–H and O–H groups in total. The van der Waals surface area contributed by atoms with E-state index < -0.39 is 0 Å². The van der Waals surface area contributed by atoms with Crippen LogP contribution in [0.5, 0.6) is 0 Å². The van der Waals surface area contributed by atoms with Gasteiger partial charge in [0, 0.05) is 25.8 Å². The summed E-state index contributed by atoms with van der Waals surface area (Å²) in [6, 6.07) is 1.93. The zero-order valence-electron chi connectivity index (χ0n) is 12.0. The maximum atomic E-state index is 4.46. The third-order valence-electron chi connectivity index (χ3n) is 3.58. The first-order valence-electron chi connectivity index (χ1n) is 7.35. The Morgan fingerprint density at radius 3 is 3.00 bits per heavy atom. The Morgan fingerprint density at radius 2 is 2.26 bits per heavy atom. The van der Waals surface area contributed by atoms with Gasteiger partial charge >= 0.3 is 0 Å². The number of nitrogens with one attached hydrogen (secondary N) is 2. The van der Waals surface area contributed by atoms with Crippen LogP contribution >= 0.6 is 0 Å². The largest absolute Gasteiger partial charge is 0.370 e. The van der Waals surface area contributed by atoms with Gasteiger partial charge in [0.1, 0.15) is 5.82 Å². The highest BCUT2D eigenvalue weighted by atomic mass is 15.2. The molecule has 1 aliphatic rings. The number of nitrogens with zero attached hydrogens (tertiary/aromatic N) is 3. The lowest BCUT2D eigenvalue weighted by Gasteiger charge is -2.14. The number of aromatic nitrogens is 2. The van der Waals surface area contributed by atoms with E-state index in [4.69, 9.17) is 0 Å². The van der Waals surface area contributed by atoms with E-state index in [1.807, 2.05) is 6.07 Å². The second kappa shape index (κ2) is 7.28. The normalized spacial score (nSPS) is 19.6. The predicted molar refractivity (Wildman–Crippen MR) is 79.5 cm³/mol. The van der Waals surface area contributed by atoms with E-state index in [0.717, 1.165) is 37.8 Å². The third kappa shape index (κ3) is 4.35. The van der Waals surface area contributed by atoms with Crippen LogP contribution in [-0.4, -0.2) is 47.6 Å². The summed E-state index contributed by atoms with van der Waals surface area (Å²) in [5.74, 6) is 2.37. The smallest absolute Gasteiger partial charge is 0.224 e. The summed E-state index contributed by atoms with van der Waals surface area (Å²) in [5, 5.41) is 6.64. The van der Waals surface area contributed by atoms with Gasteiger partial charge in [0.2, 0.25) is 5.95 Å². The Labute approximate surface area is 115 Å². The molecule has 5 nitrogen and oxygen atoms in total. The van der Waals surface area contributed by atoms with Gasteiger partial charge in [-0.25, -0.2) is 4.98 Å². The molecule has 1 aromatic rings. The third-order valence-corrected chi connectivity index (χ3v) is 3.58. The second-order valence-corrected chi connectivity index (χ2v) is 5.12. The highest BCUT2D eigenvalue weighted by molar-refractivity contribution is 5.39. The Bertz CT molecular complexity index is 382. The maximum Gasteiger partial charge on any atom is 0.224 e. The van der Waals surface area contributed by atoms with Crippen LogP contribution in [0.4, 0.5) is 11.8 Å². The Morgan fingerprint density at radius 1 is 1.37 bits per heavy atom. The van der Waals surface area contributed by atoms with Gasteiger partial charge in [-0.2, -0.15) is 4.98 Å². The van der Waals surface area contributed by atoms with E-state index in [9.17, 15) is 0 Å². The zero-order valence-corrected chi connectivity index (χ0v) is 12.0. The van der Waals surface area contributed by atoms with E-state index in [1.165, 1.54) is 19.5 Å². The van der Waals surface area contributed by atoms with Crippen LogP contribution in [0.3, 0.4) is 0 Å². The van der Waals surface area contributed by atoms with Gasteiger partial charge < -0.3 is 15.5 Å². The monoisotopic (exact) mass is 263 g/mol. The SMILES string of the molecule is CCCNc1nccc(NCC2CCN(CC)C2)n1. The highest BCUT2D eigenvalue weighted by Crippen LogP contribution is 2.16. The molecule has 1 atom stereocenters. The molecular formula is C14H25N5. The van der Waals surface area contributed by atoms with E-state index >= 15 is 0 Å². The first-order chi connectivity index (χ1) is 9.31. The standard InChI is InChI=1S/C14H25N5/c1-3-7-15-14-16-8-5-13(18-14)17-10-12-6-9-19(4-2)11-12/h5,8,12H,3-4,6-7,9-11H2,1-2H3,(H2,15,16,17,18). The molecule has 2 heterocycles. The summed E-state index contributed by atoms with van der Waals surface area (Å²) < 4.78 is 0. The lowest BCUT2D eigenvalue weighted by atomic mass is 10.1.